The Hall–Kier alpha value is -2.93. The lowest BCUT2D eigenvalue weighted by molar-refractivity contribution is 0.0699. The van der Waals surface area contributed by atoms with E-state index < -0.39 is 5.97 Å². The van der Waals surface area contributed by atoms with Gasteiger partial charge in [0.2, 0.25) is 0 Å². The minimum atomic E-state index is -1.06. The number of rotatable bonds is 3. The lowest BCUT2D eigenvalue weighted by atomic mass is 10.0. The van der Waals surface area contributed by atoms with Gasteiger partial charge in [0.15, 0.2) is 0 Å². The normalized spacial score (nSPS) is 10.9. The molecule has 2 heterocycles. The van der Waals surface area contributed by atoms with Crippen LogP contribution in [-0.2, 0) is 6.61 Å². The predicted molar refractivity (Wildman–Crippen MR) is 76.6 cm³/mol. The van der Waals surface area contributed by atoms with E-state index in [0.717, 1.165) is 0 Å². The van der Waals surface area contributed by atoms with E-state index in [-0.39, 0.29) is 12.2 Å². The standard InChI is InChI=1S/C14H12N4O3/c15-10-3-7(1-2-8(10)5-19)12-11-9(14(20)21)4-16-13(11)18-6-17-12/h1-4,6,19H,5,15H2,(H,20,21)(H,16,17,18). The molecule has 0 saturated heterocycles. The number of aliphatic hydroxyl groups excluding tert-OH is 1. The van der Waals surface area contributed by atoms with E-state index in [1.54, 1.807) is 18.2 Å². The number of aromatic carboxylic acids is 1. The second-order valence-corrected chi connectivity index (χ2v) is 4.53. The van der Waals surface area contributed by atoms with Gasteiger partial charge in [-0.05, 0) is 6.07 Å². The van der Waals surface area contributed by atoms with Gasteiger partial charge in [-0.15, -0.1) is 0 Å². The average molecular weight is 284 g/mol. The van der Waals surface area contributed by atoms with E-state index in [1.807, 2.05) is 0 Å². The maximum atomic E-state index is 11.3. The molecule has 0 aliphatic carbocycles. The molecule has 0 atom stereocenters. The van der Waals surface area contributed by atoms with Crippen LogP contribution in [0.25, 0.3) is 22.3 Å². The molecule has 0 spiro atoms. The Morgan fingerprint density at radius 3 is 2.81 bits per heavy atom. The highest BCUT2D eigenvalue weighted by Crippen LogP contribution is 2.30. The van der Waals surface area contributed by atoms with Crippen molar-refractivity contribution in [1.82, 2.24) is 15.0 Å². The van der Waals surface area contributed by atoms with Crippen LogP contribution in [0.5, 0.6) is 0 Å². The SMILES string of the molecule is Nc1cc(-c2ncnc3[nH]cc(C(=O)O)c23)ccc1CO. The lowest BCUT2D eigenvalue weighted by Crippen LogP contribution is -1.98. The molecule has 0 aliphatic heterocycles. The van der Waals surface area contributed by atoms with E-state index >= 15 is 0 Å². The van der Waals surface area contributed by atoms with Crippen LogP contribution in [-0.4, -0.2) is 31.1 Å². The smallest absolute Gasteiger partial charge is 0.338 e. The number of hydrogen-bond donors (Lipinski definition) is 4. The number of benzene rings is 1. The summed E-state index contributed by atoms with van der Waals surface area (Å²) in [5, 5.41) is 18.8. The third kappa shape index (κ3) is 2.09. The molecular weight excluding hydrogens is 272 g/mol. The molecule has 0 saturated carbocycles. The number of aromatic nitrogens is 3. The highest BCUT2D eigenvalue weighted by molar-refractivity contribution is 6.07. The zero-order valence-electron chi connectivity index (χ0n) is 10.9. The zero-order chi connectivity index (χ0) is 15.0. The summed E-state index contributed by atoms with van der Waals surface area (Å²) in [6.45, 7) is -0.157. The number of aliphatic hydroxyl groups is 1. The number of carbonyl (C=O) groups is 1. The fourth-order valence-corrected chi connectivity index (χ4v) is 2.24. The summed E-state index contributed by atoms with van der Waals surface area (Å²) in [5.74, 6) is -1.06. The van der Waals surface area contributed by atoms with Gasteiger partial charge < -0.3 is 20.9 Å². The number of anilines is 1. The molecule has 21 heavy (non-hydrogen) atoms. The van der Waals surface area contributed by atoms with Crippen molar-refractivity contribution < 1.29 is 15.0 Å². The summed E-state index contributed by atoms with van der Waals surface area (Å²) in [5.41, 5.74) is 8.59. The first-order valence-corrected chi connectivity index (χ1v) is 6.17. The first-order valence-electron chi connectivity index (χ1n) is 6.17. The number of nitrogens with one attached hydrogen (secondary N) is 1. The summed E-state index contributed by atoms with van der Waals surface area (Å²) in [6.07, 6.45) is 2.74. The molecule has 1 aromatic carbocycles. The highest BCUT2D eigenvalue weighted by atomic mass is 16.4. The number of nitrogens with zero attached hydrogens (tertiary/aromatic N) is 2. The van der Waals surface area contributed by atoms with Crippen molar-refractivity contribution in [2.45, 2.75) is 6.61 Å². The van der Waals surface area contributed by atoms with Crippen molar-refractivity contribution in [2.75, 3.05) is 5.73 Å². The number of nitrogen functional groups attached to an aromatic ring is 1. The second-order valence-electron chi connectivity index (χ2n) is 4.53. The van der Waals surface area contributed by atoms with Gasteiger partial charge in [-0.1, -0.05) is 12.1 Å². The molecule has 7 heteroatoms. The van der Waals surface area contributed by atoms with Gasteiger partial charge in [0.25, 0.3) is 0 Å². The van der Waals surface area contributed by atoms with Gasteiger partial charge >= 0.3 is 5.97 Å². The number of nitrogens with two attached hydrogens (primary N) is 1. The molecule has 0 aliphatic rings. The van der Waals surface area contributed by atoms with Crippen molar-refractivity contribution in [3.05, 3.63) is 41.9 Å². The fourth-order valence-electron chi connectivity index (χ4n) is 2.24. The first-order chi connectivity index (χ1) is 10.1. The van der Waals surface area contributed by atoms with E-state index in [1.165, 1.54) is 12.5 Å². The van der Waals surface area contributed by atoms with Crippen LogP contribution in [0, 0.1) is 0 Å². The van der Waals surface area contributed by atoms with E-state index in [9.17, 15) is 9.90 Å². The summed E-state index contributed by atoms with van der Waals surface area (Å²) in [4.78, 5) is 22.3. The third-order valence-electron chi connectivity index (χ3n) is 3.29. The van der Waals surface area contributed by atoms with Crippen LogP contribution in [0.15, 0.2) is 30.7 Å². The number of hydrogen-bond acceptors (Lipinski definition) is 5. The van der Waals surface area contributed by atoms with Crippen molar-refractivity contribution in [1.29, 1.82) is 0 Å². The molecular formula is C14H12N4O3. The van der Waals surface area contributed by atoms with Crippen LogP contribution in [0.2, 0.25) is 0 Å². The molecule has 3 aromatic rings. The summed E-state index contributed by atoms with van der Waals surface area (Å²) in [6, 6.07) is 5.08. The molecule has 7 nitrogen and oxygen atoms in total. The number of H-pyrrole nitrogens is 1. The second kappa shape index (κ2) is 4.88. The maximum Gasteiger partial charge on any atom is 0.338 e. The molecule has 2 aromatic heterocycles. The topological polar surface area (TPSA) is 125 Å². The van der Waals surface area contributed by atoms with Crippen LogP contribution in [0.1, 0.15) is 15.9 Å². The lowest BCUT2D eigenvalue weighted by Gasteiger charge is -2.07. The number of fused-ring (bicyclic) bond motifs is 1. The Kier molecular flexibility index (Phi) is 3.03. The average Bonchev–Trinajstić information content (AvgIpc) is 2.91. The Morgan fingerprint density at radius 1 is 1.33 bits per heavy atom. The van der Waals surface area contributed by atoms with Crippen LogP contribution < -0.4 is 5.73 Å². The van der Waals surface area contributed by atoms with Gasteiger partial charge in [0, 0.05) is 23.0 Å². The monoisotopic (exact) mass is 284 g/mol. The minimum Gasteiger partial charge on any atom is -0.478 e. The predicted octanol–water partition coefficient (Wildman–Crippen LogP) is 1.40. The Labute approximate surface area is 119 Å². The Balaban J connectivity index is 2.27. The molecule has 0 amide bonds. The molecule has 0 unspecified atom stereocenters. The Bertz CT molecular complexity index is 841. The van der Waals surface area contributed by atoms with Gasteiger partial charge in [-0.25, -0.2) is 14.8 Å². The molecule has 0 radical (unpaired) electrons. The van der Waals surface area contributed by atoms with Crippen LogP contribution in [0.4, 0.5) is 5.69 Å². The summed E-state index contributed by atoms with van der Waals surface area (Å²) < 4.78 is 0. The maximum absolute atomic E-state index is 11.3. The number of carboxylic acid groups (broad SMARTS) is 1. The largest absolute Gasteiger partial charge is 0.478 e. The molecule has 0 fully saturated rings. The van der Waals surface area contributed by atoms with Crippen molar-refractivity contribution in [3.63, 3.8) is 0 Å². The molecule has 5 N–H and O–H groups in total. The van der Waals surface area contributed by atoms with Gasteiger partial charge in [-0.2, -0.15) is 0 Å². The summed E-state index contributed by atoms with van der Waals surface area (Å²) >= 11 is 0. The van der Waals surface area contributed by atoms with Crippen LogP contribution >= 0.6 is 0 Å². The number of carboxylic acids is 1. The number of aromatic amines is 1. The fraction of sp³-hybridized carbons (Fsp3) is 0.0714. The van der Waals surface area contributed by atoms with Crippen LogP contribution in [0.3, 0.4) is 0 Å². The summed E-state index contributed by atoms with van der Waals surface area (Å²) in [7, 11) is 0. The quantitative estimate of drug-likeness (QED) is 0.539. The van der Waals surface area contributed by atoms with E-state index in [4.69, 9.17) is 10.8 Å². The minimum absolute atomic E-state index is 0.102. The zero-order valence-corrected chi connectivity index (χ0v) is 10.9. The van der Waals surface area contributed by atoms with Gasteiger partial charge in [-0.3, -0.25) is 0 Å². The van der Waals surface area contributed by atoms with E-state index in [0.29, 0.717) is 33.5 Å². The van der Waals surface area contributed by atoms with Gasteiger partial charge in [0.05, 0.1) is 23.3 Å². The van der Waals surface area contributed by atoms with Gasteiger partial charge in [0.1, 0.15) is 12.0 Å². The first kappa shape index (κ1) is 13.1. The highest BCUT2D eigenvalue weighted by Gasteiger charge is 2.17. The Morgan fingerprint density at radius 2 is 2.14 bits per heavy atom. The van der Waals surface area contributed by atoms with Crippen molar-refractivity contribution in [2.24, 2.45) is 0 Å². The molecule has 106 valence electrons. The van der Waals surface area contributed by atoms with E-state index in [2.05, 4.69) is 15.0 Å². The van der Waals surface area contributed by atoms with Crippen molar-refractivity contribution >= 4 is 22.7 Å². The molecule has 0 bridgehead atoms. The third-order valence-corrected chi connectivity index (χ3v) is 3.29. The molecule has 3 rings (SSSR count). The van der Waals surface area contributed by atoms with Crippen molar-refractivity contribution in [3.8, 4) is 11.3 Å².